The van der Waals surface area contributed by atoms with Gasteiger partial charge in [-0.05, 0) is 79.7 Å². The SMILES string of the molecule is Cc1c(-c2ccccc2)nc(-c2ccc3c(c2)oc2cccc(N(c4ccccc4)c4ccc5c(c4)c4ccccc4n5-c4ccccc4)c23)nc1-c1ccccc1. The van der Waals surface area contributed by atoms with Crippen LogP contribution in [0, 0.1) is 6.92 Å². The van der Waals surface area contributed by atoms with Crippen molar-refractivity contribution in [3.8, 4) is 39.6 Å². The van der Waals surface area contributed by atoms with Gasteiger partial charge in [0.25, 0.3) is 0 Å². The third kappa shape index (κ3) is 5.55. The molecule has 0 fully saturated rings. The van der Waals surface area contributed by atoms with Crippen LogP contribution in [0.1, 0.15) is 5.56 Å². The zero-order valence-electron chi connectivity index (χ0n) is 31.7. The molecule has 0 N–H and O–H groups in total. The van der Waals surface area contributed by atoms with Gasteiger partial charge < -0.3 is 13.9 Å². The molecule has 0 bridgehead atoms. The summed E-state index contributed by atoms with van der Waals surface area (Å²) in [6.07, 6.45) is 0. The zero-order chi connectivity index (χ0) is 38.6. The lowest BCUT2D eigenvalue weighted by Gasteiger charge is -2.26. The fourth-order valence-electron chi connectivity index (χ4n) is 8.49. The third-order valence-corrected chi connectivity index (χ3v) is 11.2. The van der Waals surface area contributed by atoms with E-state index < -0.39 is 0 Å². The van der Waals surface area contributed by atoms with E-state index in [4.69, 9.17) is 14.4 Å². The van der Waals surface area contributed by atoms with E-state index in [1.54, 1.807) is 0 Å². The molecule has 274 valence electrons. The predicted octanol–water partition coefficient (Wildman–Crippen LogP) is 14.3. The van der Waals surface area contributed by atoms with E-state index in [1.807, 2.05) is 12.1 Å². The van der Waals surface area contributed by atoms with E-state index in [0.29, 0.717) is 5.82 Å². The maximum absolute atomic E-state index is 6.73. The highest BCUT2D eigenvalue weighted by Gasteiger charge is 2.22. The van der Waals surface area contributed by atoms with Crippen molar-refractivity contribution >= 4 is 60.8 Å². The minimum absolute atomic E-state index is 0.653. The highest BCUT2D eigenvalue weighted by Crippen LogP contribution is 2.45. The standard InChI is InChI=1S/C53H36N4O/c1-35-51(36-17-6-2-7-18-36)54-53(55-52(35)37-19-8-3-9-20-37)38-29-31-43-49(33-38)58-48-28-16-27-47(50(43)48)56(39-21-10-4-11-22-39)41-30-32-46-44(34-41)42-25-14-15-26-45(42)57(46)40-23-12-5-13-24-40/h2-34H,1H3. The van der Waals surface area contributed by atoms with Gasteiger partial charge in [0, 0.05) is 55.5 Å². The quantitative estimate of drug-likeness (QED) is 0.163. The van der Waals surface area contributed by atoms with Crippen LogP contribution in [0.4, 0.5) is 17.1 Å². The van der Waals surface area contributed by atoms with Crippen LogP contribution >= 0.6 is 0 Å². The third-order valence-electron chi connectivity index (χ3n) is 11.2. The second-order valence-corrected chi connectivity index (χ2v) is 14.6. The molecule has 0 amide bonds. The molecule has 3 heterocycles. The Bertz CT molecular complexity index is 3220. The van der Waals surface area contributed by atoms with Crippen LogP contribution < -0.4 is 4.90 Å². The van der Waals surface area contributed by atoms with Crippen molar-refractivity contribution in [3.63, 3.8) is 0 Å². The molecule has 0 saturated carbocycles. The van der Waals surface area contributed by atoms with Crippen molar-refractivity contribution in [2.75, 3.05) is 4.90 Å². The van der Waals surface area contributed by atoms with Crippen LogP contribution in [0.15, 0.2) is 205 Å². The molecule has 0 aliphatic rings. The van der Waals surface area contributed by atoms with E-state index in [2.05, 4.69) is 204 Å². The predicted molar refractivity (Wildman–Crippen MR) is 239 cm³/mol. The Hall–Kier alpha value is -7.76. The van der Waals surface area contributed by atoms with Crippen molar-refractivity contribution < 1.29 is 4.42 Å². The van der Waals surface area contributed by atoms with Crippen LogP contribution in [-0.4, -0.2) is 14.5 Å². The molecule has 0 unspecified atom stereocenters. The molecule has 3 aromatic heterocycles. The second-order valence-electron chi connectivity index (χ2n) is 14.6. The van der Waals surface area contributed by atoms with Crippen molar-refractivity contribution in [2.24, 2.45) is 0 Å². The van der Waals surface area contributed by atoms with Gasteiger partial charge in [0.2, 0.25) is 0 Å². The normalized spacial score (nSPS) is 11.5. The Kier molecular flexibility index (Phi) is 7.97. The fourth-order valence-corrected chi connectivity index (χ4v) is 8.49. The molecule has 11 rings (SSSR count). The van der Waals surface area contributed by atoms with Gasteiger partial charge in [-0.25, -0.2) is 9.97 Å². The number of hydrogen-bond acceptors (Lipinski definition) is 4. The molecule has 0 aliphatic carbocycles. The molecule has 58 heavy (non-hydrogen) atoms. The summed E-state index contributed by atoms with van der Waals surface area (Å²) in [4.78, 5) is 12.7. The molecule has 0 radical (unpaired) electrons. The van der Waals surface area contributed by atoms with Gasteiger partial charge in [-0.15, -0.1) is 0 Å². The number of hydrogen-bond donors (Lipinski definition) is 0. The van der Waals surface area contributed by atoms with Gasteiger partial charge in [0.15, 0.2) is 5.82 Å². The highest BCUT2D eigenvalue weighted by molar-refractivity contribution is 6.15. The number of furan rings is 1. The molecule has 8 aromatic carbocycles. The molecule has 0 saturated heterocycles. The number of para-hydroxylation sites is 3. The Morgan fingerprint density at radius 3 is 1.78 bits per heavy atom. The van der Waals surface area contributed by atoms with Crippen LogP contribution in [-0.2, 0) is 0 Å². The summed E-state index contributed by atoms with van der Waals surface area (Å²) in [7, 11) is 0. The Morgan fingerprint density at radius 2 is 1.07 bits per heavy atom. The summed E-state index contributed by atoms with van der Waals surface area (Å²) in [5, 5.41) is 4.46. The summed E-state index contributed by atoms with van der Waals surface area (Å²) >= 11 is 0. The zero-order valence-corrected chi connectivity index (χ0v) is 31.7. The van der Waals surface area contributed by atoms with E-state index in [0.717, 1.165) is 83.8 Å². The summed E-state index contributed by atoms with van der Waals surface area (Å²) < 4.78 is 9.08. The first-order valence-electron chi connectivity index (χ1n) is 19.6. The van der Waals surface area contributed by atoms with Crippen LogP contribution in [0.3, 0.4) is 0 Å². The molecule has 11 aromatic rings. The molecule has 0 aliphatic heterocycles. The minimum atomic E-state index is 0.653. The van der Waals surface area contributed by atoms with Gasteiger partial charge in [0.05, 0.1) is 33.5 Å². The summed E-state index contributed by atoms with van der Waals surface area (Å²) in [6, 6.07) is 70.1. The lowest BCUT2D eigenvalue weighted by Crippen LogP contribution is -2.10. The average molecular weight is 745 g/mol. The van der Waals surface area contributed by atoms with Gasteiger partial charge in [-0.1, -0.05) is 127 Å². The largest absolute Gasteiger partial charge is 0.456 e. The van der Waals surface area contributed by atoms with Crippen molar-refractivity contribution in [1.29, 1.82) is 0 Å². The lowest BCUT2D eigenvalue weighted by atomic mass is 10.0. The van der Waals surface area contributed by atoms with Gasteiger partial charge >= 0.3 is 0 Å². The molecule has 0 atom stereocenters. The smallest absolute Gasteiger partial charge is 0.160 e. The number of rotatable bonds is 7. The number of nitrogens with zero attached hydrogens (tertiary/aromatic N) is 4. The summed E-state index contributed by atoms with van der Waals surface area (Å²) in [5.41, 5.74) is 14.1. The lowest BCUT2D eigenvalue weighted by molar-refractivity contribution is 0.669. The monoisotopic (exact) mass is 744 g/mol. The molecular formula is C53H36N4O. The fraction of sp³-hybridized carbons (Fsp3) is 0.0189. The number of anilines is 3. The first kappa shape index (κ1) is 33.6. The van der Waals surface area contributed by atoms with E-state index in [9.17, 15) is 0 Å². The second kappa shape index (κ2) is 13.8. The molecule has 0 spiro atoms. The first-order chi connectivity index (χ1) is 28.7. The van der Waals surface area contributed by atoms with E-state index >= 15 is 0 Å². The molecule has 5 heteroatoms. The number of aromatic nitrogens is 3. The van der Waals surface area contributed by atoms with Crippen LogP contribution in [0.2, 0.25) is 0 Å². The first-order valence-corrected chi connectivity index (χ1v) is 19.6. The minimum Gasteiger partial charge on any atom is -0.456 e. The Balaban J connectivity index is 1.09. The van der Waals surface area contributed by atoms with Crippen LogP contribution in [0.5, 0.6) is 0 Å². The van der Waals surface area contributed by atoms with E-state index in [-0.39, 0.29) is 0 Å². The number of fused-ring (bicyclic) bond motifs is 6. The summed E-state index contributed by atoms with van der Waals surface area (Å²) in [5.74, 6) is 0.653. The molecule has 5 nitrogen and oxygen atoms in total. The van der Waals surface area contributed by atoms with Gasteiger partial charge in [-0.2, -0.15) is 0 Å². The van der Waals surface area contributed by atoms with Crippen LogP contribution in [0.25, 0.3) is 83.3 Å². The Labute approximate surface area is 335 Å². The van der Waals surface area contributed by atoms with E-state index in [1.165, 1.54) is 16.3 Å². The topological polar surface area (TPSA) is 47.1 Å². The maximum Gasteiger partial charge on any atom is 0.160 e. The Morgan fingerprint density at radius 1 is 0.448 bits per heavy atom. The molecular weight excluding hydrogens is 709 g/mol. The average Bonchev–Trinajstić information content (AvgIpc) is 3.83. The van der Waals surface area contributed by atoms with Crippen molar-refractivity contribution in [1.82, 2.24) is 14.5 Å². The van der Waals surface area contributed by atoms with Crippen molar-refractivity contribution in [3.05, 3.63) is 206 Å². The van der Waals surface area contributed by atoms with Gasteiger partial charge in [-0.3, -0.25) is 0 Å². The van der Waals surface area contributed by atoms with Gasteiger partial charge in [0.1, 0.15) is 11.2 Å². The highest BCUT2D eigenvalue weighted by atomic mass is 16.3. The number of benzene rings is 8. The van der Waals surface area contributed by atoms with Crippen molar-refractivity contribution in [2.45, 2.75) is 6.92 Å². The summed E-state index contributed by atoms with van der Waals surface area (Å²) in [6.45, 7) is 2.11. The maximum atomic E-state index is 6.73.